The summed E-state index contributed by atoms with van der Waals surface area (Å²) >= 11 is 0. The van der Waals surface area contributed by atoms with Crippen molar-refractivity contribution in [1.29, 1.82) is 0 Å². The van der Waals surface area contributed by atoms with Crippen LogP contribution >= 0.6 is 0 Å². The van der Waals surface area contributed by atoms with Gasteiger partial charge in [0.25, 0.3) is 0 Å². The van der Waals surface area contributed by atoms with Crippen molar-refractivity contribution in [3.05, 3.63) is 5.82 Å². The zero-order valence-electron chi connectivity index (χ0n) is 10.0. The molecule has 98 valence electrons. The first kappa shape index (κ1) is 13.6. The van der Waals surface area contributed by atoms with Gasteiger partial charge in [-0.25, -0.2) is 0 Å². The van der Waals surface area contributed by atoms with Crippen LogP contribution in [-0.4, -0.2) is 52.6 Å². The van der Waals surface area contributed by atoms with Crippen molar-refractivity contribution in [2.45, 2.75) is 6.42 Å². The second-order valence-electron chi connectivity index (χ2n) is 3.25. The SMILES string of the molecule is CNc1nc(CC(=O)NCC(=O)O)nc(NC)n1. The van der Waals surface area contributed by atoms with Crippen LogP contribution in [0.5, 0.6) is 0 Å². The summed E-state index contributed by atoms with van der Waals surface area (Å²) in [5.74, 6) is -0.661. The summed E-state index contributed by atoms with van der Waals surface area (Å²) in [4.78, 5) is 33.6. The first-order chi connectivity index (χ1) is 8.55. The van der Waals surface area contributed by atoms with E-state index in [1.165, 1.54) is 0 Å². The van der Waals surface area contributed by atoms with E-state index in [-0.39, 0.29) is 12.2 Å². The number of carboxylic acid groups (broad SMARTS) is 1. The lowest BCUT2D eigenvalue weighted by Crippen LogP contribution is -2.31. The van der Waals surface area contributed by atoms with Gasteiger partial charge >= 0.3 is 5.97 Å². The Labute approximate surface area is 103 Å². The summed E-state index contributed by atoms with van der Waals surface area (Å²) in [7, 11) is 3.28. The molecule has 0 unspecified atom stereocenters. The Hall–Kier alpha value is -2.45. The minimum atomic E-state index is -1.11. The Morgan fingerprint density at radius 3 is 2.11 bits per heavy atom. The molecule has 0 aromatic carbocycles. The Balaban J connectivity index is 2.71. The largest absolute Gasteiger partial charge is 0.480 e. The summed E-state index contributed by atoms with van der Waals surface area (Å²) < 4.78 is 0. The quantitative estimate of drug-likeness (QED) is 0.493. The Morgan fingerprint density at radius 1 is 1.11 bits per heavy atom. The molecule has 0 saturated heterocycles. The first-order valence-corrected chi connectivity index (χ1v) is 5.14. The van der Waals surface area contributed by atoms with Gasteiger partial charge in [-0.1, -0.05) is 0 Å². The third kappa shape index (κ3) is 4.20. The van der Waals surface area contributed by atoms with Gasteiger partial charge in [0, 0.05) is 14.1 Å². The monoisotopic (exact) mass is 254 g/mol. The molecule has 1 heterocycles. The predicted molar refractivity (Wildman–Crippen MR) is 63.3 cm³/mol. The van der Waals surface area contributed by atoms with E-state index >= 15 is 0 Å². The van der Waals surface area contributed by atoms with Gasteiger partial charge in [-0.05, 0) is 0 Å². The van der Waals surface area contributed by atoms with Crippen molar-refractivity contribution in [1.82, 2.24) is 20.3 Å². The lowest BCUT2D eigenvalue weighted by Gasteiger charge is -2.06. The van der Waals surface area contributed by atoms with Gasteiger partial charge in [0.2, 0.25) is 17.8 Å². The molecule has 0 aliphatic heterocycles. The van der Waals surface area contributed by atoms with Crippen LogP contribution in [0.3, 0.4) is 0 Å². The van der Waals surface area contributed by atoms with E-state index in [4.69, 9.17) is 5.11 Å². The molecule has 0 aliphatic rings. The number of nitrogens with zero attached hydrogens (tertiary/aromatic N) is 3. The normalized spacial score (nSPS) is 9.67. The summed E-state index contributed by atoms with van der Waals surface area (Å²) in [5.41, 5.74) is 0. The smallest absolute Gasteiger partial charge is 0.322 e. The van der Waals surface area contributed by atoms with E-state index in [0.717, 1.165) is 0 Å². The molecule has 1 aromatic rings. The summed E-state index contributed by atoms with van der Waals surface area (Å²) in [5, 5.41) is 16.1. The Morgan fingerprint density at radius 2 is 1.67 bits per heavy atom. The van der Waals surface area contributed by atoms with Gasteiger partial charge in [-0.15, -0.1) is 0 Å². The predicted octanol–water partition coefficient (Wildman–Crippen LogP) is -1.30. The Kier molecular flexibility index (Phi) is 4.78. The molecule has 1 amide bonds. The summed E-state index contributed by atoms with van der Waals surface area (Å²) in [6, 6.07) is 0. The second kappa shape index (κ2) is 6.33. The number of rotatable bonds is 6. The first-order valence-electron chi connectivity index (χ1n) is 5.14. The number of nitrogens with one attached hydrogen (secondary N) is 3. The van der Waals surface area contributed by atoms with Crippen LogP contribution in [0, 0.1) is 0 Å². The average Bonchev–Trinajstić information content (AvgIpc) is 2.35. The highest BCUT2D eigenvalue weighted by Crippen LogP contribution is 2.04. The van der Waals surface area contributed by atoms with Gasteiger partial charge in [0.15, 0.2) is 0 Å². The molecule has 0 bridgehead atoms. The molecule has 0 spiro atoms. The molecule has 0 fully saturated rings. The number of aliphatic carboxylic acids is 1. The van der Waals surface area contributed by atoms with E-state index in [0.29, 0.717) is 11.9 Å². The number of amides is 1. The molecule has 4 N–H and O–H groups in total. The van der Waals surface area contributed by atoms with Crippen LogP contribution in [0.4, 0.5) is 11.9 Å². The third-order valence-electron chi connectivity index (χ3n) is 1.88. The molecule has 18 heavy (non-hydrogen) atoms. The highest BCUT2D eigenvalue weighted by molar-refractivity contribution is 5.82. The minimum Gasteiger partial charge on any atom is -0.480 e. The lowest BCUT2D eigenvalue weighted by atomic mass is 10.3. The van der Waals surface area contributed by atoms with Crippen LogP contribution in [0.15, 0.2) is 0 Å². The molecule has 1 aromatic heterocycles. The number of carbonyl (C=O) groups is 2. The van der Waals surface area contributed by atoms with E-state index < -0.39 is 18.4 Å². The number of hydrogen-bond acceptors (Lipinski definition) is 7. The highest BCUT2D eigenvalue weighted by atomic mass is 16.4. The maximum Gasteiger partial charge on any atom is 0.322 e. The van der Waals surface area contributed by atoms with Crippen LogP contribution in [0.2, 0.25) is 0 Å². The molecule has 9 nitrogen and oxygen atoms in total. The van der Waals surface area contributed by atoms with Crippen molar-refractivity contribution in [2.75, 3.05) is 31.3 Å². The minimum absolute atomic E-state index is 0.112. The molecular weight excluding hydrogens is 240 g/mol. The molecule has 0 aliphatic carbocycles. The van der Waals surface area contributed by atoms with Crippen molar-refractivity contribution < 1.29 is 14.7 Å². The van der Waals surface area contributed by atoms with E-state index in [9.17, 15) is 9.59 Å². The molecular formula is C9H14N6O3. The molecule has 1 rings (SSSR count). The van der Waals surface area contributed by atoms with Crippen LogP contribution < -0.4 is 16.0 Å². The topological polar surface area (TPSA) is 129 Å². The number of hydrogen-bond donors (Lipinski definition) is 4. The average molecular weight is 254 g/mol. The van der Waals surface area contributed by atoms with Crippen molar-refractivity contribution >= 4 is 23.8 Å². The third-order valence-corrected chi connectivity index (χ3v) is 1.88. The number of anilines is 2. The van der Waals surface area contributed by atoms with Gasteiger partial charge in [0.05, 0.1) is 6.42 Å². The fraction of sp³-hybridized carbons (Fsp3) is 0.444. The molecule has 9 heteroatoms. The van der Waals surface area contributed by atoms with Gasteiger partial charge in [-0.2, -0.15) is 15.0 Å². The van der Waals surface area contributed by atoms with Crippen molar-refractivity contribution in [2.24, 2.45) is 0 Å². The zero-order chi connectivity index (χ0) is 13.5. The Bertz CT molecular complexity index is 428. The molecule has 0 saturated carbocycles. The number of aromatic nitrogens is 3. The van der Waals surface area contributed by atoms with E-state index in [1.54, 1.807) is 14.1 Å². The highest BCUT2D eigenvalue weighted by Gasteiger charge is 2.10. The van der Waals surface area contributed by atoms with Crippen LogP contribution in [-0.2, 0) is 16.0 Å². The second-order valence-corrected chi connectivity index (χ2v) is 3.25. The maximum absolute atomic E-state index is 11.4. The van der Waals surface area contributed by atoms with Crippen molar-refractivity contribution in [3.63, 3.8) is 0 Å². The van der Waals surface area contributed by atoms with Gasteiger partial charge in [0.1, 0.15) is 12.4 Å². The molecule has 0 radical (unpaired) electrons. The lowest BCUT2D eigenvalue weighted by molar-refractivity contribution is -0.137. The standard InChI is InChI=1S/C9H14N6O3/c1-10-8-13-5(14-9(11-2)15-8)3-6(16)12-4-7(17)18/h3-4H2,1-2H3,(H,12,16)(H,17,18)(H2,10,11,13,14,15). The molecule has 0 atom stereocenters. The van der Waals surface area contributed by atoms with Gasteiger partial charge in [-0.3, -0.25) is 9.59 Å². The van der Waals surface area contributed by atoms with E-state index in [2.05, 4.69) is 30.9 Å². The van der Waals surface area contributed by atoms with E-state index in [1.807, 2.05) is 0 Å². The van der Waals surface area contributed by atoms with Crippen LogP contribution in [0.25, 0.3) is 0 Å². The van der Waals surface area contributed by atoms with Crippen LogP contribution in [0.1, 0.15) is 5.82 Å². The number of carbonyl (C=O) groups excluding carboxylic acids is 1. The number of carboxylic acids is 1. The fourth-order valence-electron chi connectivity index (χ4n) is 1.10. The summed E-state index contributed by atoms with van der Waals surface area (Å²) in [6.07, 6.45) is -0.112. The zero-order valence-corrected chi connectivity index (χ0v) is 10.0. The fourth-order valence-corrected chi connectivity index (χ4v) is 1.10. The van der Waals surface area contributed by atoms with Crippen molar-refractivity contribution in [3.8, 4) is 0 Å². The summed E-state index contributed by atoms with van der Waals surface area (Å²) in [6.45, 7) is -0.429. The van der Waals surface area contributed by atoms with Gasteiger partial charge < -0.3 is 21.1 Å². The maximum atomic E-state index is 11.4.